The number of benzene rings is 1. The average molecular weight is 296 g/mol. The zero-order chi connectivity index (χ0) is 14.4. The highest BCUT2D eigenvalue weighted by atomic mass is 32.1. The van der Waals surface area contributed by atoms with E-state index in [9.17, 15) is 13.6 Å². The molecule has 3 rings (SSSR count). The van der Waals surface area contributed by atoms with Crippen LogP contribution in [0, 0.1) is 16.4 Å². The second-order valence-corrected chi connectivity index (χ2v) is 5.05. The van der Waals surface area contributed by atoms with Crippen molar-refractivity contribution in [1.82, 2.24) is 9.55 Å². The molecule has 1 aromatic heterocycles. The standard InChI is InChI=1S/C13H10F2N2O2S/c14-6-3-8-7(9(15)4-6)1-2-10(8)17-11(12(18)19)5-16-13(17)20/h3-5,10H,1-2H2,(H,16,20)(H,18,19). The fourth-order valence-corrected chi connectivity index (χ4v) is 3.03. The summed E-state index contributed by atoms with van der Waals surface area (Å²) in [6, 6.07) is 1.63. The van der Waals surface area contributed by atoms with Gasteiger partial charge in [0, 0.05) is 12.3 Å². The van der Waals surface area contributed by atoms with Crippen LogP contribution in [-0.2, 0) is 6.42 Å². The predicted octanol–water partition coefficient (Wildman–Crippen LogP) is 3.06. The summed E-state index contributed by atoms with van der Waals surface area (Å²) >= 11 is 5.08. The number of hydrogen-bond acceptors (Lipinski definition) is 2. The number of carbonyl (C=O) groups is 1. The highest BCUT2D eigenvalue weighted by molar-refractivity contribution is 7.71. The largest absolute Gasteiger partial charge is 0.477 e. The van der Waals surface area contributed by atoms with Crippen LogP contribution in [0.15, 0.2) is 18.3 Å². The summed E-state index contributed by atoms with van der Waals surface area (Å²) in [6.07, 6.45) is 2.21. The molecule has 1 unspecified atom stereocenters. The number of carboxylic acids is 1. The van der Waals surface area contributed by atoms with Crippen molar-refractivity contribution in [3.05, 3.63) is 51.6 Å². The van der Waals surface area contributed by atoms with Crippen LogP contribution in [0.4, 0.5) is 8.78 Å². The van der Waals surface area contributed by atoms with Gasteiger partial charge in [0.1, 0.15) is 17.3 Å². The van der Waals surface area contributed by atoms with Gasteiger partial charge in [0.05, 0.1) is 6.04 Å². The van der Waals surface area contributed by atoms with Crippen molar-refractivity contribution in [1.29, 1.82) is 0 Å². The Morgan fingerprint density at radius 3 is 2.90 bits per heavy atom. The van der Waals surface area contributed by atoms with E-state index in [4.69, 9.17) is 17.3 Å². The van der Waals surface area contributed by atoms with E-state index in [1.54, 1.807) is 0 Å². The van der Waals surface area contributed by atoms with Gasteiger partial charge in [-0.1, -0.05) is 0 Å². The van der Waals surface area contributed by atoms with Gasteiger partial charge in [-0.25, -0.2) is 13.6 Å². The molecule has 0 saturated carbocycles. The van der Waals surface area contributed by atoms with E-state index in [1.807, 2.05) is 0 Å². The van der Waals surface area contributed by atoms with Gasteiger partial charge < -0.3 is 14.7 Å². The summed E-state index contributed by atoms with van der Waals surface area (Å²) < 4.78 is 28.8. The Morgan fingerprint density at radius 1 is 1.45 bits per heavy atom. The molecule has 4 nitrogen and oxygen atoms in total. The van der Waals surface area contributed by atoms with E-state index < -0.39 is 23.6 Å². The number of nitrogens with one attached hydrogen (secondary N) is 1. The third kappa shape index (κ3) is 1.85. The number of aromatic carboxylic acids is 1. The summed E-state index contributed by atoms with van der Waals surface area (Å²) in [5.74, 6) is -2.41. The lowest BCUT2D eigenvalue weighted by Crippen LogP contribution is -2.14. The molecule has 0 saturated heterocycles. The fourth-order valence-electron chi connectivity index (χ4n) is 2.74. The maximum Gasteiger partial charge on any atom is 0.354 e. The van der Waals surface area contributed by atoms with E-state index in [0.717, 1.165) is 6.07 Å². The van der Waals surface area contributed by atoms with E-state index in [1.165, 1.54) is 16.8 Å². The maximum absolute atomic E-state index is 13.7. The molecule has 0 bridgehead atoms. The summed E-state index contributed by atoms with van der Waals surface area (Å²) in [6.45, 7) is 0. The second kappa shape index (κ2) is 4.52. The number of rotatable bonds is 2. The van der Waals surface area contributed by atoms with Crippen molar-refractivity contribution in [3.63, 3.8) is 0 Å². The number of aromatic amines is 1. The zero-order valence-electron chi connectivity index (χ0n) is 10.2. The number of nitrogens with zero attached hydrogens (tertiary/aromatic N) is 1. The molecule has 20 heavy (non-hydrogen) atoms. The summed E-state index contributed by atoms with van der Waals surface area (Å²) in [5.41, 5.74) is 0.869. The molecule has 0 spiro atoms. The van der Waals surface area contributed by atoms with Gasteiger partial charge in [-0.3, -0.25) is 0 Å². The SMILES string of the molecule is O=C(O)c1c[nH]c(=S)n1C1CCc2c(F)cc(F)cc21. The van der Waals surface area contributed by atoms with Crippen LogP contribution in [0.1, 0.15) is 34.1 Å². The molecular weight excluding hydrogens is 286 g/mol. The van der Waals surface area contributed by atoms with Crippen LogP contribution >= 0.6 is 12.2 Å². The molecular formula is C13H10F2N2O2S. The van der Waals surface area contributed by atoms with Crippen LogP contribution in [0.3, 0.4) is 0 Å². The van der Waals surface area contributed by atoms with E-state index in [-0.39, 0.29) is 10.5 Å². The molecule has 0 radical (unpaired) electrons. The lowest BCUT2D eigenvalue weighted by atomic mass is 10.1. The number of fused-ring (bicyclic) bond motifs is 1. The normalized spacial score (nSPS) is 17.2. The molecule has 2 aromatic rings. The number of imidazole rings is 1. The van der Waals surface area contributed by atoms with E-state index in [2.05, 4.69) is 4.98 Å². The van der Waals surface area contributed by atoms with Crippen LogP contribution < -0.4 is 0 Å². The molecule has 0 aliphatic heterocycles. The number of halogens is 2. The minimum atomic E-state index is -1.14. The minimum Gasteiger partial charge on any atom is -0.477 e. The number of H-pyrrole nitrogens is 1. The third-order valence-electron chi connectivity index (χ3n) is 3.56. The Hall–Kier alpha value is -2.02. The third-order valence-corrected chi connectivity index (χ3v) is 3.88. The monoisotopic (exact) mass is 296 g/mol. The van der Waals surface area contributed by atoms with Crippen molar-refractivity contribution in [2.45, 2.75) is 18.9 Å². The highest BCUT2D eigenvalue weighted by Gasteiger charge is 2.30. The zero-order valence-corrected chi connectivity index (χ0v) is 11.0. The molecule has 7 heteroatoms. The van der Waals surface area contributed by atoms with Crippen LogP contribution in [-0.4, -0.2) is 20.6 Å². The van der Waals surface area contributed by atoms with Gasteiger partial charge in [-0.15, -0.1) is 0 Å². The molecule has 104 valence electrons. The van der Waals surface area contributed by atoms with Crippen LogP contribution in [0.5, 0.6) is 0 Å². The molecule has 1 aliphatic carbocycles. The molecule has 1 heterocycles. The first-order valence-corrected chi connectivity index (χ1v) is 6.41. The number of aromatic nitrogens is 2. The first kappa shape index (κ1) is 13.0. The number of hydrogen-bond donors (Lipinski definition) is 2. The van der Waals surface area contributed by atoms with Crippen molar-refractivity contribution in [2.75, 3.05) is 0 Å². The summed E-state index contributed by atoms with van der Waals surface area (Å²) in [5, 5.41) is 9.16. The second-order valence-electron chi connectivity index (χ2n) is 4.66. The predicted molar refractivity (Wildman–Crippen MR) is 69.4 cm³/mol. The Labute approximate surface area is 117 Å². The maximum atomic E-state index is 13.7. The lowest BCUT2D eigenvalue weighted by Gasteiger charge is -2.15. The van der Waals surface area contributed by atoms with Gasteiger partial charge in [-0.05, 0) is 42.3 Å². The molecule has 0 fully saturated rings. The molecule has 1 aliphatic rings. The number of carboxylic acid groups (broad SMARTS) is 1. The quantitative estimate of drug-likeness (QED) is 0.837. The Balaban J connectivity index is 2.19. The van der Waals surface area contributed by atoms with Crippen LogP contribution in [0.2, 0.25) is 0 Å². The van der Waals surface area contributed by atoms with E-state index >= 15 is 0 Å². The Kier molecular flexibility index (Phi) is 2.93. The highest BCUT2D eigenvalue weighted by Crippen LogP contribution is 2.37. The summed E-state index contributed by atoms with van der Waals surface area (Å²) in [7, 11) is 0. The van der Waals surface area contributed by atoms with Gasteiger partial charge in [-0.2, -0.15) is 0 Å². The Bertz CT molecular complexity index is 766. The smallest absolute Gasteiger partial charge is 0.354 e. The van der Waals surface area contributed by atoms with Crippen molar-refractivity contribution < 1.29 is 18.7 Å². The first-order valence-electron chi connectivity index (χ1n) is 6.00. The first-order chi connectivity index (χ1) is 9.49. The van der Waals surface area contributed by atoms with Crippen LogP contribution in [0.25, 0.3) is 0 Å². The van der Waals surface area contributed by atoms with Gasteiger partial charge in [0.15, 0.2) is 4.77 Å². The van der Waals surface area contributed by atoms with Gasteiger partial charge in [0.2, 0.25) is 0 Å². The lowest BCUT2D eigenvalue weighted by molar-refractivity contribution is 0.0683. The van der Waals surface area contributed by atoms with E-state index in [0.29, 0.717) is 24.0 Å². The van der Waals surface area contributed by atoms with Crippen molar-refractivity contribution in [2.24, 2.45) is 0 Å². The average Bonchev–Trinajstić information content (AvgIpc) is 2.92. The van der Waals surface area contributed by atoms with Gasteiger partial charge in [0.25, 0.3) is 0 Å². The molecule has 0 amide bonds. The molecule has 1 aromatic carbocycles. The van der Waals surface area contributed by atoms with Crippen molar-refractivity contribution >= 4 is 18.2 Å². The summed E-state index contributed by atoms with van der Waals surface area (Å²) in [4.78, 5) is 13.9. The molecule has 1 atom stereocenters. The molecule has 2 N–H and O–H groups in total. The topological polar surface area (TPSA) is 58.0 Å². The van der Waals surface area contributed by atoms with Crippen molar-refractivity contribution in [3.8, 4) is 0 Å². The Morgan fingerprint density at radius 2 is 2.20 bits per heavy atom. The fraction of sp³-hybridized carbons (Fsp3) is 0.231. The minimum absolute atomic E-state index is 0.0162. The van der Waals surface area contributed by atoms with Gasteiger partial charge >= 0.3 is 5.97 Å².